The first-order valence-corrected chi connectivity index (χ1v) is 4.93. The van der Waals surface area contributed by atoms with Gasteiger partial charge in [-0.2, -0.15) is 0 Å². The fourth-order valence-electron chi connectivity index (χ4n) is 1.37. The highest BCUT2D eigenvalue weighted by Crippen LogP contribution is 2.32. The number of ether oxygens (including phenoxy) is 2. The lowest BCUT2D eigenvalue weighted by molar-refractivity contribution is -0.227. The van der Waals surface area contributed by atoms with E-state index in [1.165, 1.54) is 25.3 Å². The number of phenolic OH excluding ortho intramolecular Hbond substituents is 1. The summed E-state index contributed by atoms with van der Waals surface area (Å²) in [5.41, 5.74) is -0.0264. The number of carbonyl (C=O) groups is 1. The van der Waals surface area contributed by atoms with Gasteiger partial charge in [-0.15, -0.1) is 0 Å². The number of hydrogen-bond acceptors (Lipinski definition) is 5. The van der Waals surface area contributed by atoms with Gasteiger partial charge in [0, 0.05) is 12.2 Å². The van der Waals surface area contributed by atoms with Crippen molar-refractivity contribution in [2.45, 2.75) is 12.7 Å². The van der Waals surface area contributed by atoms with Crippen molar-refractivity contribution in [1.29, 1.82) is 0 Å². The topological polar surface area (TPSA) is 96.2 Å². The van der Waals surface area contributed by atoms with Crippen LogP contribution in [0.3, 0.4) is 0 Å². The zero-order valence-corrected chi connectivity index (χ0v) is 9.51. The van der Waals surface area contributed by atoms with Gasteiger partial charge in [-0.3, -0.25) is 0 Å². The second kappa shape index (κ2) is 5.03. The van der Waals surface area contributed by atoms with Gasteiger partial charge in [0.1, 0.15) is 0 Å². The van der Waals surface area contributed by atoms with Crippen LogP contribution in [0, 0.1) is 0 Å². The molecule has 1 unspecified atom stereocenters. The summed E-state index contributed by atoms with van der Waals surface area (Å²) in [6, 6.07) is 3.68. The Morgan fingerprint density at radius 3 is 2.59 bits per heavy atom. The lowest BCUT2D eigenvalue weighted by Crippen LogP contribution is -2.38. The molecular weight excluding hydrogens is 228 g/mol. The van der Waals surface area contributed by atoms with Gasteiger partial charge >= 0.3 is 5.97 Å². The molecule has 0 bridgehead atoms. The van der Waals surface area contributed by atoms with Gasteiger partial charge in [0.15, 0.2) is 11.5 Å². The van der Waals surface area contributed by atoms with Crippen LogP contribution in [-0.2, 0) is 15.3 Å². The molecule has 0 amide bonds. The highest BCUT2D eigenvalue weighted by atomic mass is 16.6. The van der Waals surface area contributed by atoms with Crippen LogP contribution in [0.25, 0.3) is 0 Å². The number of aromatic hydroxyl groups is 1. The number of aliphatic hydroxyl groups is 1. The summed E-state index contributed by atoms with van der Waals surface area (Å²) >= 11 is 0. The van der Waals surface area contributed by atoms with E-state index in [0.29, 0.717) is 0 Å². The third-order valence-corrected chi connectivity index (χ3v) is 2.21. The highest BCUT2D eigenvalue weighted by molar-refractivity contribution is 5.77. The molecule has 94 valence electrons. The van der Waals surface area contributed by atoms with E-state index in [4.69, 9.17) is 14.6 Å². The van der Waals surface area contributed by atoms with E-state index in [-0.39, 0.29) is 23.7 Å². The zero-order chi connectivity index (χ0) is 13.1. The van der Waals surface area contributed by atoms with E-state index in [0.717, 1.165) is 0 Å². The molecule has 0 aliphatic rings. The third-order valence-electron chi connectivity index (χ3n) is 2.21. The monoisotopic (exact) mass is 242 g/mol. The van der Waals surface area contributed by atoms with E-state index in [1.807, 2.05) is 0 Å². The van der Waals surface area contributed by atoms with Crippen LogP contribution in [0.4, 0.5) is 0 Å². The van der Waals surface area contributed by atoms with Crippen LogP contribution >= 0.6 is 0 Å². The predicted molar refractivity (Wildman–Crippen MR) is 57.8 cm³/mol. The summed E-state index contributed by atoms with van der Waals surface area (Å²) in [6.07, 6.45) is 0. The number of methoxy groups -OCH3 is 1. The van der Waals surface area contributed by atoms with Crippen LogP contribution in [0.5, 0.6) is 11.5 Å². The molecule has 0 saturated heterocycles. The molecule has 0 spiro atoms. The summed E-state index contributed by atoms with van der Waals surface area (Å²) in [5, 5.41) is 28.3. The van der Waals surface area contributed by atoms with Crippen LogP contribution in [0.2, 0.25) is 0 Å². The maximum absolute atomic E-state index is 11.0. The molecule has 0 heterocycles. The minimum Gasteiger partial charge on any atom is -0.504 e. The Kier molecular flexibility index (Phi) is 3.93. The van der Waals surface area contributed by atoms with Crippen molar-refractivity contribution in [1.82, 2.24) is 0 Å². The summed E-state index contributed by atoms with van der Waals surface area (Å²) in [5.74, 6) is -4.08. The average molecular weight is 242 g/mol. The molecule has 0 aromatic heterocycles. The van der Waals surface area contributed by atoms with E-state index in [1.54, 1.807) is 6.92 Å². The standard InChI is InChI=1S/C11H14O6/c1-3-17-11(15,10(13)14)7-4-5-8(12)9(6-7)16-2/h4-6,12,15H,3H2,1-2H3,(H,13,14). The van der Waals surface area contributed by atoms with Gasteiger partial charge in [0.05, 0.1) is 7.11 Å². The van der Waals surface area contributed by atoms with Crippen LogP contribution in [-0.4, -0.2) is 35.0 Å². The van der Waals surface area contributed by atoms with Crippen molar-refractivity contribution in [3.05, 3.63) is 23.8 Å². The molecule has 6 nitrogen and oxygen atoms in total. The summed E-state index contributed by atoms with van der Waals surface area (Å²) in [6.45, 7) is 1.58. The number of hydrogen-bond donors (Lipinski definition) is 3. The smallest absolute Gasteiger partial charge is 0.369 e. The van der Waals surface area contributed by atoms with Crippen molar-refractivity contribution in [2.75, 3.05) is 13.7 Å². The molecule has 1 aromatic rings. The van der Waals surface area contributed by atoms with Crippen molar-refractivity contribution in [3.8, 4) is 11.5 Å². The van der Waals surface area contributed by atoms with Gasteiger partial charge in [-0.25, -0.2) is 4.79 Å². The lowest BCUT2D eigenvalue weighted by Gasteiger charge is -2.23. The molecule has 0 saturated carbocycles. The summed E-state index contributed by atoms with van der Waals surface area (Å²) in [4.78, 5) is 11.0. The number of rotatable bonds is 5. The zero-order valence-electron chi connectivity index (χ0n) is 9.51. The molecule has 1 aromatic carbocycles. The molecule has 0 aliphatic carbocycles. The van der Waals surface area contributed by atoms with Crippen molar-refractivity contribution in [3.63, 3.8) is 0 Å². The number of phenols is 1. The number of benzene rings is 1. The maximum Gasteiger partial charge on any atom is 0.369 e. The second-order valence-corrected chi connectivity index (χ2v) is 3.27. The quantitative estimate of drug-likeness (QED) is 0.656. The Balaban J connectivity index is 3.24. The van der Waals surface area contributed by atoms with E-state index in [9.17, 15) is 15.0 Å². The maximum atomic E-state index is 11.0. The molecule has 1 rings (SSSR count). The minimum absolute atomic E-state index is 0.0198. The van der Waals surface area contributed by atoms with Crippen LogP contribution in [0.1, 0.15) is 12.5 Å². The first kappa shape index (κ1) is 13.3. The van der Waals surface area contributed by atoms with E-state index in [2.05, 4.69) is 0 Å². The van der Waals surface area contributed by atoms with E-state index >= 15 is 0 Å². The Morgan fingerprint density at radius 2 is 2.12 bits per heavy atom. The van der Waals surface area contributed by atoms with Crippen molar-refractivity contribution >= 4 is 5.97 Å². The Hall–Kier alpha value is -1.79. The number of aliphatic carboxylic acids is 1. The minimum atomic E-state index is -2.45. The normalized spacial score (nSPS) is 14.1. The van der Waals surface area contributed by atoms with Crippen molar-refractivity contribution in [2.24, 2.45) is 0 Å². The molecule has 17 heavy (non-hydrogen) atoms. The predicted octanol–water partition coefficient (Wildman–Crippen LogP) is 0.667. The molecule has 0 radical (unpaired) electrons. The molecule has 3 N–H and O–H groups in total. The van der Waals surface area contributed by atoms with Gasteiger partial charge in [0.2, 0.25) is 0 Å². The number of carboxylic acid groups (broad SMARTS) is 1. The molecule has 0 fully saturated rings. The second-order valence-electron chi connectivity index (χ2n) is 3.27. The van der Waals surface area contributed by atoms with Gasteiger partial charge < -0.3 is 24.8 Å². The molecular formula is C11H14O6. The van der Waals surface area contributed by atoms with E-state index < -0.39 is 11.8 Å². The highest BCUT2D eigenvalue weighted by Gasteiger charge is 2.39. The molecule has 1 atom stereocenters. The van der Waals surface area contributed by atoms with Gasteiger partial charge in [0.25, 0.3) is 5.79 Å². The summed E-state index contributed by atoms with van der Waals surface area (Å²) in [7, 11) is 1.32. The Morgan fingerprint density at radius 1 is 1.47 bits per heavy atom. The molecule has 0 aliphatic heterocycles. The largest absolute Gasteiger partial charge is 0.504 e. The summed E-state index contributed by atoms with van der Waals surface area (Å²) < 4.78 is 9.66. The first-order valence-electron chi connectivity index (χ1n) is 4.93. The fraction of sp³-hybridized carbons (Fsp3) is 0.364. The van der Waals surface area contributed by atoms with Crippen LogP contribution < -0.4 is 4.74 Å². The third kappa shape index (κ3) is 2.48. The SMILES string of the molecule is CCOC(O)(C(=O)O)c1ccc(O)c(OC)c1. The first-order chi connectivity index (χ1) is 7.95. The van der Waals surface area contributed by atoms with Gasteiger partial charge in [-0.1, -0.05) is 0 Å². The molecule has 6 heteroatoms. The Labute approximate surface area is 98.0 Å². The Bertz CT molecular complexity index is 416. The number of carboxylic acids is 1. The lowest BCUT2D eigenvalue weighted by atomic mass is 10.1. The van der Waals surface area contributed by atoms with Crippen LogP contribution in [0.15, 0.2) is 18.2 Å². The van der Waals surface area contributed by atoms with Gasteiger partial charge in [-0.05, 0) is 25.1 Å². The average Bonchev–Trinajstić information content (AvgIpc) is 2.29. The van der Waals surface area contributed by atoms with Crippen molar-refractivity contribution < 1.29 is 29.6 Å². The fourth-order valence-corrected chi connectivity index (χ4v) is 1.37.